The second-order valence-electron chi connectivity index (χ2n) is 5.07. The minimum atomic E-state index is 0. The van der Waals surface area contributed by atoms with Gasteiger partial charge in [0.2, 0.25) is 0 Å². The van der Waals surface area contributed by atoms with Crippen molar-refractivity contribution in [2.75, 3.05) is 32.2 Å². The van der Waals surface area contributed by atoms with E-state index >= 15 is 0 Å². The Morgan fingerprint density at radius 3 is 2.43 bits per heavy atom. The Morgan fingerprint density at radius 2 is 1.83 bits per heavy atom. The van der Waals surface area contributed by atoms with Gasteiger partial charge in [-0.05, 0) is 42.9 Å². The summed E-state index contributed by atoms with van der Waals surface area (Å²) in [5.41, 5.74) is 2.40. The number of methoxy groups -OCH3 is 1. The highest BCUT2D eigenvalue weighted by Crippen LogP contribution is 2.06. The van der Waals surface area contributed by atoms with E-state index in [4.69, 9.17) is 4.74 Å². The van der Waals surface area contributed by atoms with Gasteiger partial charge in [-0.15, -0.1) is 24.0 Å². The van der Waals surface area contributed by atoms with Crippen LogP contribution < -0.4 is 10.6 Å². The SMILES string of the molecule is CCNC(=NCc1ccc(COC)cc1)NCCCCSC.I. The highest BCUT2D eigenvalue weighted by Gasteiger charge is 1.98. The van der Waals surface area contributed by atoms with Crippen LogP contribution >= 0.6 is 35.7 Å². The molecule has 0 radical (unpaired) electrons. The summed E-state index contributed by atoms with van der Waals surface area (Å²) in [5.74, 6) is 2.12. The minimum absolute atomic E-state index is 0. The lowest BCUT2D eigenvalue weighted by Gasteiger charge is -2.11. The largest absolute Gasteiger partial charge is 0.380 e. The van der Waals surface area contributed by atoms with Crippen molar-refractivity contribution in [3.63, 3.8) is 0 Å². The maximum atomic E-state index is 5.12. The molecule has 1 aromatic rings. The summed E-state index contributed by atoms with van der Waals surface area (Å²) < 4.78 is 5.12. The molecule has 0 aliphatic heterocycles. The highest BCUT2D eigenvalue weighted by atomic mass is 127. The van der Waals surface area contributed by atoms with E-state index in [1.807, 2.05) is 11.8 Å². The number of ether oxygens (including phenoxy) is 1. The van der Waals surface area contributed by atoms with Crippen LogP contribution in [0.4, 0.5) is 0 Å². The number of rotatable bonds is 10. The Bertz CT molecular complexity index is 426. The van der Waals surface area contributed by atoms with Crippen LogP contribution in [0.3, 0.4) is 0 Å². The number of aliphatic imine (C=N–C) groups is 1. The zero-order valence-electron chi connectivity index (χ0n) is 14.4. The first-order valence-corrected chi connectivity index (χ1v) is 9.27. The van der Waals surface area contributed by atoms with Gasteiger partial charge < -0.3 is 15.4 Å². The third kappa shape index (κ3) is 10.8. The molecule has 0 heterocycles. The summed E-state index contributed by atoms with van der Waals surface area (Å²) in [6, 6.07) is 8.41. The van der Waals surface area contributed by atoms with Gasteiger partial charge in [0, 0.05) is 20.2 Å². The summed E-state index contributed by atoms with van der Waals surface area (Å²) in [6.07, 6.45) is 4.57. The van der Waals surface area contributed by atoms with Gasteiger partial charge in [0.05, 0.1) is 13.2 Å². The zero-order chi connectivity index (χ0) is 16.0. The number of thioether (sulfide) groups is 1. The van der Waals surface area contributed by atoms with Gasteiger partial charge in [0.1, 0.15) is 0 Å². The van der Waals surface area contributed by atoms with Crippen LogP contribution in [0.2, 0.25) is 0 Å². The molecule has 0 aliphatic carbocycles. The van der Waals surface area contributed by atoms with E-state index in [0.29, 0.717) is 13.2 Å². The van der Waals surface area contributed by atoms with E-state index in [-0.39, 0.29) is 24.0 Å². The van der Waals surface area contributed by atoms with E-state index in [0.717, 1.165) is 19.0 Å². The topological polar surface area (TPSA) is 45.7 Å². The van der Waals surface area contributed by atoms with Crippen LogP contribution in [0.1, 0.15) is 30.9 Å². The molecule has 0 aromatic heterocycles. The molecule has 0 saturated carbocycles. The monoisotopic (exact) mass is 451 g/mol. The standard InChI is InChI=1S/C17H29N3OS.HI/c1-4-18-17(19-11-5-6-12-22-3)20-13-15-7-9-16(10-8-15)14-21-2;/h7-10H,4-6,11-14H2,1-3H3,(H2,18,19,20);1H. The minimum Gasteiger partial charge on any atom is -0.380 e. The molecular formula is C17H30IN3OS. The Labute approximate surface area is 162 Å². The molecule has 0 saturated heterocycles. The van der Waals surface area contributed by atoms with E-state index < -0.39 is 0 Å². The molecular weight excluding hydrogens is 421 g/mol. The number of nitrogens with one attached hydrogen (secondary N) is 2. The first-order chi connectivity index (χ1) is 10.8. The summed E-state index contributed by atoms with van der Waals surface area (Å²) in [7, 11) is 1.71. The number of guanidine groups is 1. The van der Waals surface area contributed by atoms with Gasteiger partial charge >= 0.3 is 0 Å². The fraction of sp³-hybridized carbons (Fsp3) is 0.588. The van der Waals surface area contributed by atoms with Crippen molar-refractivity contribution in [1.82, 2.24) is 10.6 Å². The molecule has 1 aromatic carbocycles. The Morgan fingerprint density at radius 1 is 1.13 bits per heavy atom. The number of hydrogen-bond donors (Lipinski definition) is 2. The lowest BCUT2D eigenvalue weighted by molar-refractivity contribution is 0.185. The van der Waals surface area contributed by atoms with Gasteiger partial charge in [0.25, 0.3) is 0 Å². The van der Waals surface area contributed by atoms with Crippen LogP contribution in [0, 0.1) is 0 Å². The third-order valence-corrected chi connectivity index (χ3v) is 3.86. The third-order valence-electron chi connectivity index (χ3n) is 3.17. The van der Waals surface area contributed by atoms with Crippen molar-refractivity contribution in [2.45, 2.75) is 32.9 Å². The molecule has 0 aliphatic rings. The van der Waals surface area contributed by atoms with Crippen molar-refractivity contribution >= 4 is 41.7 Å². The lowest BCUT2D eigenvalue weighted by atomic mass is 10.1. The Kier molecular flexibility index (Phi) is 14.8. The van der Waals surface area contributed by atoms with Crippen LogP contribution in [0.5, 0.6) is 0 Å². The van der Waals surface area contributed by atoms with Crippen molar-refractivity contribution in [3.05, 3.63) is 35.4 Å². The fourth-order valence-electron chi connectivity index (χ4n) is 2.00. The molecule has 6 heteroatoms. The molecule has 0 atom stereocenters. The second kappa shape index (κ2) is 15.1. The smallest absolute Gasteiger partial charge is 0.191 e. The van der Waals surface area contributed by atoms with E-state index in [2.05, 4.69) is 53.1 Å². The maximum Gasteiger partial charge on any atom is 0.191 e. The predicted octanol–water partition coefficient (Wildman–Crippen LogP) is 3.65. The van der Waals surface area contributed by atoms with Crippen molar-refractivity contribution in [3.8, 4) is 0 Å². The zero-order valence-corrected chi connectivity index (χ0v) is 17.6. The van der Waals surface area contributed by atoms with Gasteiger partial charge in [-0.3, -0.25) is 0 Å². The molecule has 0 fully saturated rings. The van der Waals surface area contributed by atoms with Crippen LogP contribution in [0.15, 0.2) is 29.3 Å². The molecule has 2 N–H and O–H groups in total. The predicted molar refractivity (Wildman–Crippen MR) is 113 cm³/mol. The number of nitrogens with zero attached hydrogens (tertiary/aromatic N) is 1. The molecule has 1 rings (SSSR count). The Hall–Kier alpha value is -0.470. The number of unbranched alkanes of at least 4 members (excludes halogenated alkanes) is 1. The first kappa shape index (κ1) is 22.5. The lowest BCUT2D eigenvalue weighted by Crippen LogP contribution is -2.37. The van der Waals surface area contributed by atoms with Gasteiger partial charge in [-0.1, -0.05) is 24.3 Å². The van der Waals surface area contributed by atoms with E-state index in [1.54, 1.807) is 7.11 Å². The van der Waals surface area contributed by atoms with Crippen LogP contribution in [-0.4, -0.2) is 38.2 Å². The summed E-state index contributed by atoms with van der Waals surface area (Å²) in [5, 5.41) is 6.68. The molecule has 0 spiro atoms. The van der Waals surface area contributed by atoms with Crippen molar-refractivity contribution in [1.29, 1.82) is 0 Å². The highest BCUT2D eigenvalue weighted by molar-refractivity contribution is 14.0. The van der Waals surface area contributed by atoms with Gasteiger partial charge in [-0.2, -0.15) is 11.8 Å². The number of halogens is 1. The van der Waals surface area contributed by atoms with Gasteiger partial charge in [-0.25, -0.2) is 4.99 Å². The molecule has 4 nitrogen and oxygen atoms in total. The quantitative estimate of drug-likeness (QED) is 0.247. The summed E-state index contributed by atoms with van der Waals surface area (Å²) in [4.78, 5) is 4.64. The number of hydrogen-bond acceptors (Lipinski definition) is 3. The van der Waals surface area contributed by atoms with Crippen molar-refractivity contribution < 1.29 is 4.74 Å². The normalized spacial score (nSPS) is 11.0. The average molecular weight is 451 g/mol. The van der Waals surface area contributed by atoms with E-state index in [1.165, 1.54) is 29.7 Å². The van der Waals surface area contributed by atoms with Gasteiger partial charge in [0.15, 0.2) is 5.96 Å². The fourth-order valence-corrected chi connectivity index (χ4v) is 2.49. The maximum absolute atomic E-state index is 5.12. The first-order valence-electron chi connectivity index (χ1n) is 7.88. The molecule has 23 heavy (non-hydrogen) atoms. The number of benzene rings is 1. The average Bonchev–Trinajstić information content (AvgIpc) is 2.54. The second-order valence-corrected chi connectivity index (χ2v) is 6.06. The Balaban J connectivity index is 0.00000484. The summed E-state index contributed by atoms with van der Waals surface area (Å²) in [6.45, 7) is 5.28. The molecule has 0 amide bonds. The molecule has 0 bridgehead atoms. The van der Waals surface area contributed by atoms with Crippen LogP contribution in [0.25, 0.3) is 0 Å². The molecule has 0 unspecified atom stereocenters. The van der Waals surface area contributed by atoms with Crippen LogP contribution in [-0.2, 0) is 17.9 Å². The van der Waals surface area contributed by atoms with E-state index in [9.17, 15) is 0 Å². The van der Waals surface area contributed by atoms with Crippen molar-refractivity contribution in [2.24, 2.45) is 4.99 Å². The summed E-state index contributed by atoms with van der Waals surface area (Å²) >= 11 is 1.90. The molecule has 132 valence electrons.